The Morgan fingerprint density at radius 3 is 2.92 bits per heavy atom. The van der Waals surface area contributed by atoms with Crippen LogP contribution in [-0.2, 0) is 6.42 Å². The second-order valence-corrected chi connectivity index (χ2v) is 4.17. The van der Waals surface area contributed by atoms with Crippen molar-refractivity contribution in [2.75, 3.05) is 0 Å². The Morgan fingerprint density at radius 1 is 1.46 bits per heavy atom. The molecule has 0 unspecified atom stereocenters. The van der Waals surface area contributed by atoms with Crippen molar-refractivity contribution in [1.29, 1.82) is 0 Å². The maximum absolute atomic E-state index is 13.7. The van der Waals surface area contributed by atoms with E-state index in [1.165, 1.54) is 11.3 Å². The fraction of sp³-hybridized carbons (Fsp3) is 0.200. The number of hydrogen-bond acceptors (Lipinski definition) is 1. The topological polar surface area (TPSA) is 0 Å². The molecule has 2 rings (SSSR count). The van der Waals surface area contributed by atoms with Gasteiger partial charge in [0, 0.05) is 15.5 Å². The van der Waals surface area contributed by atoms with E-state index in [4.69, 9.17) is 11.6 Å². The molecule has 0 saturated carbocycles. The molecule has 0 aliphatic rings. The molecular formula is C10H8ClFS. The zero-order chi connectivity index (χ0) is 9.42. The summed E-state index contributed by atoms with van der Waals surface area (Å²) >= 11 is 7.35. The molecule has 68 valence electrons. The molecule has 0 atom stereocenters. The average Bonchev–Trinajstić information content (AvgIpc) is 2.49. The third-order valence-corrected chi connectivity index (χ3v) is 3.47. The van der Waals surface area contributed by atoms with Crippen molar-refractivity contribution in [2.45, 2.75) is 13.3 Å². The predicted molar refractivity (Wildman–Crippen MR) is 56.2 cm³/mol. The van der Waals surface area contributed by atoms with Crippen molar-refractivity contribution in [3.8, 4) is 0 Å². The second kappa shape index (κ2) is 3.28. The van der Waals surface area contributed by atoms with Gasteiger partial charge in [0.25, 0.3) is 0 Å². The van der Waals surface area contributed by atoms with E-state index in [2.05, 4.69) is 0 Å². The van der Waals surface area contributed by atoms with E-state index in [1.807, 2.05) is 19.1 Å². The van der Waals surface area contributed by atoms with Crippen LogP contribution in [0.4, 0.5) is 4.39 Å². The van der Waals surface area contributed by atoms with Crippen molar-refractivity contribution >= 4 is 33.0 Å². The first-order valence-electron chi connectivity index (χ1n) is 4.08. The SMILES string of the molecule is CCc1ccc2scc(Cl)c2c1F. The van der Waals surface area contributed by atoms with Gasteiger partial charge in [-0.2, -0.15) is 0 Å². The van der Waals surface area contributed by atoms with Crippen molar-refractivity contribution in [2.24, 2.45) is 0 Å². The Hall–Kier alpha value is -0.600. The first-order chi connectivity index (χ1) is 6.24. The standard InChI is InChI=1S/C10H8ClFS/c1-2-6-3-4-8-9(10(6)12)7(11)5-13-8/h3-5H,2H2,1H3. The molecule has 0 aliphatic heterocycles. The number of aryl methyl sites for hydroxylation is 1. The van der Waals surface area contributed by atoms with Gasteiger partial charge in [0.05, 0.1) is 5.02 Å². The monoisotopic (exact) mass is 214 g/mol. The lowest BCUT2D eigenvalue weighted by atomic mass is 10.1. The van der Waals surface area contributed by atoms with Gasteiger partial charge >= 0.3 is 0 Å². The number of benzene rings is 1. The van der Waals surface area contributed by atoms with Crippen LogP contribution in [0.5, 0.6) is 0 Å². The van der Waals surface area contributed by atoms with Gasteiger partial charge in [-0.15, -0.1) is 11.3 Å². The van der Waals surface area contributed by atoms with Gasteiger partial charge in [-0.3, -0.25) is 0 Å². The largest absolute Gasteiger partial charge is 0.206 e. The normalized spacial score (nSPS) is 11.0. The summed E-state index contributed by atoms with van der Waals surface area (Å²) in [6.45, 7) is 1.94. The van der Waals surface area contributed by atoms with Gasteiger partial charge in [0.1, 0.15) is 5.82 Å². The molecular weight excluding hydrogens is 207 g/mol. The van der Waals surface area contributed by atoms with Crippen LogP contribution in [0, 0.1) is 5.82 Å². The maximum Gasteiger partial charge on any atom is 0.136 e. The first kappa shape index (κ1) is 8.97. The van der Waals surface area contributed by atoms with Crippen molar-refractivity contribution < 1.29 is 4.39 Å². The summed E-state index contributed by atoms with van der Waals surface area (Å²) in [6.07, 6.45) is 0.702. The van der Waals surface area contributed by atoms with Crippen LogP contribution in [0.2, 0.25) is 5.02 Å². The number of thiophene rings is 1. The third-order valence-electron chi connectivity index (χ3n) is 2.09. The van der Waals surface area contributed by atoms with Gasteiger partial charge in [-0.1, -0.05) is 24.6 Å². The minimum absolute atomic E-state index is 0.161. The summed E-state index contributed by atoms with van der Waals surface area (Å²) in [7, 11) is 0. The van der Waals surface area contributed by atoms with Crippen LogP contribution in [0.25, 0.3) is 10.1 Å². The molecule has 0 nitrogen and oxygen atoms in total. The van der Waals surface area contributed by atoms with Crippen molar-refractivity contribution in [3.63, 3.8) is 0 Å². The Balaban J connectivity index is 2.83. The highest BCUT2D eigenvalue weighted by Gasteiger charge is 2.10. The molecule has 0 bridgehead atoms. The summed E-state index contributed by atoms with van der Waals surface area (Å²) in [4.78, 5) is 0. The summed E-state index contributed by atoms with van der Waals surface area (Å²) in [6, 6.07) is 3.75. The van der Waals surface area contributed by atoms with Crippen molar-refractivity contribution in [1.82, 2.24) is 0 Å². The van der Waals surface area contributed by atoms with Crippen LogP contribution in [-0.4, -0.2) is 0 Å². The van der Waals surface area contributed by atoms with Gasteiger partial charge < -0.3 is 0 Å². The highest BCUT2D eigenvalue weighted by Crippen LogP contribution is 2.33. The van der Waals surface area contributed by atoms with E-state index in [-0.39, 0.29) is 5.82 Å². The molecule has 0 spiro atoms. The van der Waals surface area contributed by atoms with Gasteiger partial charge in [0.15, 0.2) is 0 Å². The molecule has 1 heterocycles. The molecule has 0 saturated heterocycles. The minimum Gasteiger partial charge on any atom is -0.206 e. The van der Waals surface area contributed by atoms with E-state index in [1.54, 1.807) is 5.38 Å². The molecule has 1 aromatic carbocycles. The lowest BCUT2D eigenvalue weighted by Gasteiger charge is -2.00. The highest BCUT2D eigenvalue weighted by molar-refractivity contribution is 7.17. The Kier molecular flexibility index (Phi) is 2.26. The summed E-state index contributed by atoms with van der Waals surface area (Å²) in [5, 5.41) is 2.87. The number of rotatable bonds is 1. The van der Waals surface area contributed by atoms with E-state index in [0.717, 1.165) is 10.3 Å². The Morgan fingerprint density at radius 2 is 2.23 bits per heavy atom. The van der Waals surface area contributed by atoms with E-state index >= 15 is 0 Å². The zero-order valence-electron chi connectivity index (χ0n) is 7.10. The van der Waals surface area contributed by atoms with E-state index in [9.17, 15) is 4.39 Å². The summed E-state index contributed by atoms with van der Waals surface area (Å²) in [5.74, 6) is -0.161. The fourth-order valence-electron chi connectivity index (χ4n) is 1.37. The van der Waals surface area contributed by atoms with Crippen molar-refractivity contribution in [3.05, 3.63) is 33.9 Å². The molecule has 2 aromatic rings. The molecule has 0 fully saturated rings. The minimum atomic E-state index is -0.161. The van der Waals surface area contributed by atoms with E-state index < -0.39 is 0 Å². The molecule has 0 aliphatic carbocycles. The summed E-state index contributed by atoms with van der Waals surface area (Å²) < 4.78 is 14.6. The molecule has 0 N–H and O–H groups in total. The Labute approximate surface area is 85.0 Å². The number of fused-ring (bicyclic) bond motifs is 1. The lowest BCUT2D eigenvalue weighted by Crippen LogP contribution is -1.87. The molecule has 3 heteroatoms. The van der Waals surface area contributed by atoms with Crippen LogP contribution in [0.3, 0.4) is 0 Å². The van der Waals surface area contributed by atoms with Crippen LogP contribution in [0.15, 0.2) is 17.5 Å². The molecule has 13 heavy (non-hydrogen) atoms. The summed E-state index contributed by atoms with van der Waals surface area (Å²) in [5.41, 5.74) is 0.729. The third kappa shape index (κ3) is 1.34. The predicted octanol–water partition coefficient (Wildman–Crippen LogP) is 4.26. The first-order valence-corrected chi connectivity index (χ1v) is 5.34. The Bertz CT molecular complexity index is 447. The number of halogens is 2. The van der Waals surface area contributed by atoms with Crippen LogP contribution in [0.1, 0.15) is 12.5 Å². The number of hydrogen-bond donors (Lipinski definition) is 0. The second-order valence-electron chi connectivity index (χ2n) is 2.85. The smallest absolute Gasteiger partial charge is 0.136 e. The van der Waals surface area contributed by atoms with E-state index in [0.29, 0.717) is 16.8 Å². The van der Waals surface area contributed by atoms with Crippen LogP contribution < -0.4 is 0 Å². The average molecular weight is 215 g/mol. The molecule has 0 amide bonds. The highest BCUT2D eigenvalue weighted by atomic mass is 35.5. The fourth-order valence-corrected chi connectivity index (χ4v) is 2.56. The van der Waals surface area contributed by atoms with Gasteiger partial charge in [-0.25, -0.2) is 4.39 Å². The van der Waals surface area contributed by atoms with Gasteiger partial charge in [0.2, 0.25) is 0 Å². The molecule has 0 radical (unpaired) electrons. The van der Waals surface area contributed by atoms with Crippen LogP contribution >= 0.6 is 22.9 Å². The quantitative estimate of drug-likeness (QED) is 0.666. The maximum atomic E-state index is 13.7. The molecule has 1 aromatic heterocycles. The van der Waals surface area contributed by atoms with Gasteiger partial charge in [-0.05, 0) is 18.1 Å². The lowest BCUT2D eigenvalue weighted by molar-refractivity contribution is 0.624. The zero-order valence-corrected chi connectivity index (χ0v) is 8.68.